The van der Waals surface area contributed by atoms with Crippen LogP contribution in [-0.4, -0.2) is 29.6 Å². The van der Waals surface area contributed by atoms with Crippen LogP contribution in [0, 0.1) is 0 Å². The highest BCUT2D eigenvalue weighted by atomic mass is 15.2. The molecule has 0 radical (unpaired) electrons. The second-order valence-electron chi connectivity index (χ2n) is 3.78. The summed E-state index contributed by atoms with van der Waals surface area (Å²) in [6.07, 6.45) is 3.06. The predicted octanol–water partition coefficient (Wildman–Crippen LogP) is 0.984. The van der Waals surface area contributed by atoms with Gasteiger partial charge < -0.3 is 5.73 Å². The van der Waals surface area contributed by atoms with E-state index in [0.29, 0.717) is 6.04 Å². The molecule has 11 heavy (non-hydrogen) atoms. The third kappa shape index (κ3) is 1.47. The molecule has 0 aromatic carbocycles. The van der Waals surface area contributed by atoms with Gasteiger partial charge in [0.2, 0.25) is 0 Å². The Balaban J connectivity index is 2.62. The first-order valence-corrected chi connectivity index (χ1v) is 4.20. The smallest absolute Gasteiger partial charge is 0.0307 e. The minimum atomic E-state index is 0.161. The van der Waals surface area contributed by atoms with Gasteiger partial charge >= 0.3 is 0 Å². The van der Waals surface area contributed by atoms with Crippen molar-refractivity contribution in [2.75, 3.05) is 13.1 Å². The van der Waals surface area contributed by atoms with E-state index < -0.39 is 0 Å². The predicted molar refractivity (Wildman–Crippen MR) is 48.4 cm³/mol. The molecule has 0 aromatic heterocycles. The number of hydrogen-bond donors (Lipinski definition) is 1. The van der Waals surface area contributed by atoms with Gasteiger partial charge in [-0.2, -0.15) is 0 Å². The summed E-state index contributed by atoms with van der Waals surface area (Å²) in [6.45, 7) is 10.2. The summed E-state index contributed by atoms with van der Waals surface area (Å²) in [7, 11) is 0. The molecule has 1 aliphatic heterocycles. The highest BCUT2D eigenvalue weighted by Gasteiger charge is 2.37. The van der Waals surface area contributed by atoms with Crippen LogP contribution in [0.3, 0.4) is 0 Å². The normalized spacial score (nSPS) is 30.6. The van der Waals surface area contributed by atoms with Crippen molar-refractivity contribution in [1.82, 2.24) is 4.90 Å². The number of rotatable bonds is 2. The molecule has 2 nitrogen and oxygen atoms in total. The molecule has 1 heterocycles. The maximum Gasteiger partial charge on any atom is 0.0307 e. The van der Waals surface area contributed by atoms with Crippen LogP contribution >= 0.6 is 0 Å². The lowest BCUT2D eigenvalue weighted by Crippen LogP contribution is -2.48. The summed E-state index contributed by atoms with van der Waals surface area (Å²) < 4.78 is 0. The summed E-state index contributed by atoms with van der Waals surface area (Å²) in [4.78, 5) is 2.38. The average Bonchev–Trinajstić information content (AvgIpc) is 2.16. The van der Waals surface area contributed by atoms with E-state index in [9.17, 15) is 0 Å². The van der Waals surface area contributed by atoms with E-state index in [1.807, 2.05) is 6.08 Å². The molecule has 1 saturated heterocycles. The van der Waals surface area contributed by atoms with Crippen molar-refractivity contribution >= 4 is 0 Å². The fourth-order valence-electron chi connectivity index (χ4n) is 1.65. The molecule has 1 aliphatic rings. The first-order chi connectivity index (χ1) is 5.09. The van der Waals surface area contributed by atoms with Gasteiger partial charge in [-0.05, 0) is 20.3 Å². The lowest BCUT2D eigenvalue weighted by Gasteiger charge is -2.33. The first kappa shape index (κ1) is 8.75. The van der Waals surface area contributed by atoms with E-state index in [-0.39, 0.29) is 5.54 Å². The molecule has 0 amide bonds. The van der Waals surface area contributed by atoms with E-state index >= 15 is 0 Å². The minimum Gasteiger partial charge on any atom is -0.326 e. The zero-order valence-electron chi connectivity index (χ0n) is 7.51. The quantitative estimate of drug-likeness (QED) is 0.601. The number of nitrogens with zero attached hydrogens (tertiary/aromatic N) is 1. The SMILES string of the molecule is C=CCN1CCC(N)C1(C)C. The van der Waals surface area contributed by atoms with Crippen molar-refractivity contribution in [1.29, 1.82) is 0 Å². The molecule has 0 aromatic rings. The molecule has 0 saturated carbocycles. The van der Waals surface area contributed by atoms with Crippen LogP contribution in [0.5, 0.6) is 0 Å². The Hall–Kier alpha value is -0.340. The third-order valence-electron chi connectivity index (χ3n) is 2.78. The highest BCUT2D eigenvalue weighted by Crippen LogP contribution is 2.26. The van der Waals surface area contributed by atoms with Crippen LogP contribution in [0.1, 0.15) is 20.3 Å². The van der Waals surface area contributed by atoms with Crippen molar-refractivity contribution in [3.8, 4) is 0 Å². The Morgan fingerprint density at radius 1 is 1.73 bits per heavy atom. The van der Waals surface area contributed by atoms with Crippen LogP contribution in [-0.2, 0) is 0 Å². The zero-order chi connectivity index (χ0) is 8.48. The molecule has 2 heteroatoms. The van der Waals surface area contributed by atoms with Gasteiger partial charge in [-0.1, -0.05) is 6.08 Å². The minimum absolute atomic E-state index is 0.161. The van der Waals surface area contributed by atoms with E-state index in [1.54, 1.807) is 0 Å². The van der Waals surface area contributed by atoms with Crippen molar-refractivity contribution in [2.24, 2.45) is 5.73 Å². The molecule has 1 rings (SSSR count). The van der Waals surface area contributed by atoms with Crippen molar-refractivity contribution in [3.63, 3.8) is 0 Å². The highest BCUT2D eigenvalue weighted by molar-refractivity contribution is 4.99. The topological polar surface area (TPSA) is 29.3 Å². The Morgan fingerprint density at radius 3 is 2.73 bits per heavy atom. The lowest BCUT2D eigenvalue weighted by molar-refractivity contribution is 0.181. The van der Waals surface area contributed by atoms with E-state index in [0.717, 1.165) is 19.5 Å². The monoisotopic (exact) mass is 154 g/mol. The van der Waals surface area contributed by atoms with Crippen molar-refractivity contribution in [3.05, 3.63) is 12.7 Å². The first-order valence-electron chi connectivity index (χ1n) is 4.20. The molecule has 0 bridgehead atoms. The molecule has 1 atom stereocenters. The van der Waals surface area contributed by atoms with Crippen LogP contribution in [0.2, 0.25) is 0 Å². The summed E-state index contributed by atoms with van der Waals surface area (Å²) in [5, 5.41) is 0. The largest absolute Gasteiger partial charge is 0.326 e. The van der Waals surface area contributed by atoms with Crippen LogP contribution in [0.25, 0.3) is 0 Å². The Bertz CT molecular complexity index is 152. The molecule has 64 valence electrons. The van der Waals surface area contributed by atoms with E-state index in [4.69, 9.17) is 5.73 Å². The molecule has 0 aliphatic carbocycles. The van der Waals surface area contributed by atoms with Crippen molar-refractivity contribution < 1.29 is 0 Å². The standard InChI is InChI=1S/C9H18N2/c1-4-6-11-7-5-8(10)9(11,2)3/h4,8H,1,5-7,10H2,2-3H3. The van der Waals surface area contributed by atoms with Crippen molar-refractivity contribution in [2.45, 2.75) is 31.8 Å². The van der Waals surface area contributed by atoms with Gasteiger partial charge in [-0.25, -0.2) is 0 Å². The molecular weight excluding hydrogens is 136 g/mol. The lowest BCUT2D eigenvalue weighted by atomic mass is 9.97. The van der Waals surface area contributed by atoms with Gasteiger partial charge in [0.1, 0.15) is 0 Å². The molecule has 2 N–H and O–H groups in total. The molecule has 1 fully saturated rings. The van der Waals surface area contributed by atoms with Crippen LogP contribution in [0.15, 0.2) is 12.7 Å². The Kier molecular flexibility index (Phi) is 2.35. The number of nitrogens with two attached hydrogens (primary N) is 1. The fourth-order valence-corrected chi connectivity index (χ4v) is 1.65. The molecular formula is C9H18N2. The maximum atomic E-state index is 5.96. The second kappa shape index (κ2) is 2.95. The van der Waals surface area contributed by atoms with Crippen LogP contribution in [0.4, 0.5) is 0 Å². The van der Waals surface area contributed by atoms with Gasteiger partial charge in [0, 0.05) is 24.7 Å². The average molecular weight is 154 g/mol. The maximum absolute atomic E-state index is 5.96. The Morgan fingerprint density at radius 2 is 2.36 bits per heavy atom. The van der Waals surface area contributed by atoms with Gasteiger partial charge in [0.05, 0.1) is 0 Å². The van der Waals surface area contributed by atoms with Gasteiger partial charge in [0.25, 0.3) is 0 Å². The summed E-state index contributed by atoms with van der Waals surface area (Å²) >= 11 is 0. The number of hydrogen-bond acceptors (Lipinski definition) is 2. The van der Waals surface area contributed by atoms with Gasteiger partial charge in [-0.15, -0.1) is 6.58 Å². The summed E-state index contributed by atoms with van der Waals surface area (Å²) in [6, 6.07) is 0.322. The summed E-state index contributed by atoms with van der Waals surface area (Å²) in [5.41, 5.74) is 6.12. The summed E-state index contributed by atoms with van der Waals surface area (Å²) in [5.74, 6) is 0. The molecule has 0 spiro atoms. The van der Waals surface area contributed by atoms with E-state index in [2.05, 4.69) is 25.3 Å². The fraction of sp³-hybridized carbons (Fsp3) is 0.778. The van der Waals surface area contributed by atoms with Crippen LogP contribution < -0.4 is 5.73 Å². The molecule has 1 unspecified atom stereocenters. The van der Waals surface area contributed by atoms with Gasteiger partial charge in [0.15, 0.2) is 0 Å². The van der Waals surface area contributed by atoms with Gasteiger partial charge in [-0.3, -0.25) is 4.90 Å². The third-order valence-corrected chi connectivity index (χ3v) is 2.78. The van der Waals surface area contributed by atoms with E-state index in [1.165, 1.54) is 0 Å². The zero-order valence-corrected chi connectivity index (χ0v) is 7.51. The second-order valence-corrected chi connectivity index (χ2v) is 3.78. The number of likely N-dealkylation sites (tertiary alicyclic amines) is 1. The Labute approximate surface area is 69.1 Å².